The Kier molecular flexibility index (Phi) is 3.87. The summed E-state index contributed by atoms with van der Waals surface area (Å²) in [5.74, 6) is 0. The van der Waals surface area contributed by atoms with Gasteiger partial charge in [-0.25, -0.2) is 4.98 Å². The van der Waals surface area contributed by atoms with Crippen molar-refractivity contribution in [1.29, 1.82) is 0 Å². The molecule has 0 fully saturated rings. The molecule has 0 saturated carbocycles. The van der Waals surface area contributed by atoms with Gasteiger partial charge in [-0.1, -0.05) is 35.3 Å². The van der Waals surface area contributed by atoms with Crippen LogP contribution in [0.25, 0.3) is 10.9 Å². The molecule has 1 heterocycles. The third kappa shape index (κ3) is 2.89. The zero-order valence-electron chi connectivity index (χ0n) is 8.71. The third-order valence-corrected chi connectivity index (χ3v) is 3.23. The molecule has 0 saturated heterocycles. The maximum atomic E-state index is 10.7. The van der Waals surface area contributed by atoms with Crippen LogP contribution in [0, 0.1) is 0 Å². The largest absolute Gasteiger partial charge is 0.281 e. The lowest BCUT2D eigenvalue weighted by Crippen LogP contribution is -1.95. The van der Waals surface area contributed by atoms with Gasteiger partial charge in [0.1, 0.15) is 5.15 Å². The van der Waals surface area contributed by atoms with Crippen molar-refractivity contribution in [3.63, 3.8) is 0 Å². The second-order valence-electron chi connectivity index (χ2n) is 3.60. The molecule has 17 heavy (non-hydrogen) atoms. The van der Waals surface area contributed by atoms with Gasteiger partial charge in [0.05, 0.1) is 10.5 Å². The summed E-state index contributed by atoms with van der Waals surface area (Å²) in [7, 11) is 0. The Morgan fingerprint density at radius 1 is 1.29 bits per heavy atom. The third-order valence-electron chi connectivity index (χ3n) is 2.41. The summed E-state index contributed by atoms with van der Waals surface area (Å²) < 4.78 is 0. The van der Waals surface area contributed by atoms with Gasteiger partial charge in [0.15, 0.2) is 0 Å². The number of aromatic nitrogens is 1. The lowest BCUT2D eigenvalue weighted by Gasteiger charge is -2.05. The van der Waals surface area contributed by atoms with Gasteiger partial charge < -0.3 is 0 Å². The number of aryl methyl sites for hydroxylation is 1. The van der Waals surface area contributed by atoms with Crippen molar-refractivity contribution in [2.24, 2.45) is 0 Å². The minimum atomic E-state index is -0.382. The molecule has 0 aliphatic heterocycles. The number of hydrogen-bond acceptors (Lipinski definition) is 2. The van der Waals surface area contributed by atoms with Crippen LogP contribution in [-0.4, -0.2) is 10.2 Å². The highest BCUT2D eigenvalue weighted by atomic mass is 35.5. The quantitative estimate of drug-likeness (QED) is 0.624. The molecule has 2 aromatic rings. The fraction of sp³-hybridized carbons (Fsp3) is 0.167. The molecule has 0 amide bonds. The van der Waals surface area contributed by atoms with Crippen molar-refractivity contribution < 1.29 is 4.79 Å². The van der Waals surface area contributed by atoms with E-state index < -0.39 is 0 Å². The monoisotopic (exact) mass is 287 g/mol. The maximum absolute atomic E-state index is 10.7. The summed E-state index contributed by atoms with van der Waals surface area (Å²) in [5, 5.41) is 1.44. The van der Waals surface area contributed by atoms with Crippen LogP contribution < -0.4 is 0 Å². The molecule has 1 aromatic heterocycles. The Labute approximate surface area is 113 Å². The molecule has 88 valence electrons. The molecular weight excluding hydrogens is 280 g/mol. The Balaban J connectivity index is 2.45. The Morgan fingerprint density at radius 2 is 2.06 bits per heavy atom. The average Bonchev–Trinajstić information content (AvgIpc) is 2.28. The second kappa shape index (κ2) is 5.21. The van der Waals surface area contributed by atoms with Crippen LogP contribution >= 0.6 is 34.8 Å². The van der Waals surface area contributed by atoms with Crippen molar-refractivity contribution in [3.05, 3.63) is 40.0 Å². The first-order valence-electron chi connectivity index (χ1n) is 5.00. The van der Waals surface area contributed by atoms with E-state index >= 15 is 0 Å². The number of nitrogens with zero attached hydrogens (tertiary/aromatic N) is 1. The maximum Gasteiger partial charge on any atom is 0.221 e. The number of pyridine rings is 1. The minimum Gasteiger partial charge on any atom is -0.281 e. The van der Waals surface area contributed by atoms with E-state index in [0.717, 1.165) is 10.9 Å². The zero-order chi connectivity index (χ0) is 12.4. The van der Waals surface area contributed by atoms with Crippen molar-refractivity contribution in [2.45, 2.75) is 12.8 Å². The van der Waals surface area contributed by atoms with E-state index in [4.69, 9.17) is 34.8 Å². The van der Waals surface area contributed by atoms with E-state index in [1.165, 1.54) is 0 Å². The van der Waals surface area contributed by atoms with Gasteiger partial charge in [-0.3, -0.25) is 4.79 Å². The molecule has 1 aromatic carbocycles. The molecule has 0 radical (unpaired) electrons. The van der Waals surface area contributed by atoms with E-state index in [1.807, 2.05) is 18.2 Å². The standard InChI is InChI=1S/C12H8Cl3NO/c13-9-3-1-2-7-6-8(4-5-10(14)17)12(15)16-11(7)9/h1-3,6H,4-5H2. The summed E-state index contributed by atoms with van der Waals surface area (Å²) in [6.07, 6.45) is 0.728. The smallest absolute Gasteiger partial charge is 0.221 e. The molecule has 0 atom stereocenters. The zero-order valence-corrected chi connectivity index (χ0v) is 11.0. The predicted octanol–water partition coefficient (Wildman–Crippen LogP) is 4.24. The first-order valence-corrected chi connectivity index (χ1v) is 6.13. The van der Waals surface area contributed by atoms with Crippen LogP contribution in [-0.2, 0) is 11.2 Å². The topological polar surface area (TPSA) is 30.0 Å². The first kappa shape index (κ1) is 12.6. The van der Waals surface area contributed by atoms with E-state index in [2.05, 4.69) is 4.98 Å². The van der Waals surface area contributed by atoms with Crippen molar-refractivity contribution >= 4 is 50.9 Å². The normalized spacial score (nSPS) is 10.8. The molecule has 2 nitrogen and oxygen atoms in total. The SMILES string of the molecule is O=C(Cl)CCc1cc2cccc(Cl)c2nc1Cl. The summed E-state index contributed by atoms with van der Waals surface area (Å²) in [6.45, 7) is 0. The Hall–Kier alpha value is -0.830. The van der Waals surface area contributed by atoms with Crippen LogP contribution in [0.3, 0.4) is 0 Å². The number of halogens is 3. The van der Waals surface area contributed by atoms with E-state index in [-0.39, 0.29) is 11.7 Å². The number of fused-ring (bicyclic) bond motifs is 1. The fourth-order valence-electron chi connectivity index (χ4n) is 1.59. The highest BCUT2D eigenvalue weighted by Gasteiger charge is 2.08. The molecule has 0 bridgehead atoms. The first-order chi connectivity index (χ1) is 8.08. The lowest BCUT2D eigenvalue weighted by molar-refractivity contribution is -0.111. The minimum absolute atomic E-state index is 0.245. The molecule has 2 rings (SSSR count). The second-order valence-corrected chi connectivity index (χ2v) is 4.79. The summed E-state index contributed by atoms with van der Waals surface area (Å²) >= 11 is 17.3. The number of para-hydroxylation sites is 1. The Morgan fingerprint density at radius 3 is 2.76 bits per heavy atom. The van der Waals surface area contributed by atoms with Gasteiger partial charge in [0.2, 0.25) is 5.24 Å². The van der Waals surface area contributed by atoms with Gasteiger partial charge in [0, 0.05) is 11.8 Å². The van der Waals surface area contributed by atoms with Crippen molar-refractivity contribution in [1.82, 2.24) is 4.98 Å². The molecule has 0 unspecified atom stereocenters. The Bertz CT molecular complexity index is 583. The number of rotatable bonds is 3. The van der Waals surface area contributed by atoms with Gasteiger partial charge in [-0.15, -0.1) is 0 Å². The average molecular weight is 289 g/mol. The summed E-state index contributed by atoms with van der Waals surface area (Å²) in [5.41, 5.74) is 1.47. The van der Waals surface area contributed by atoms with Gasteiger partial charge in [-0.05, 0) is 35.7 Å². The van der Waals surface area contributed by atoms with Crippen LogP contribution in [0.1, 0.15) is 12.0 Å². The van der Waals surface area contributed by atoms with Gasteiger partial charge in [-0.2, -0.15) is 0 Å². The van der Waals surface area contributed by atoms with E-state index in [1.54, 1.807) is 6.07 Å². The molecule has 0 aliphatic carbocycles. The molecule has 0 spiro atoms. The fourth-order valence-corrected chi connectivity index (χ4v) is 2.14. The van der Waals surface area contributed by atoms with Crippen molar-refractivity contribution in [2.75, 3.05) is 0 Å². The van der Waals surface area contributed by atoms with E-state index in [0.29, 0.717) is 22.1 Å². The highest BCUT2D eigenvalue weighted by molar-refractivity contribution is 6.63. The molecule has 0 N–H and O–H groups in total. The number of benzene rings is 1. The van der Waals surface area contributed by atoms with Crippen molar-refractivity contribution in [3.8, 4) is 0 Å². The highest BCUT2D eigenvalue weighted by Crippen LogP contribution is 2.26. The van der Waals surface area contributed by atoms with Crippen LogP contribution in [0.5, 0.6) is 0 Å². The van der Waals surface area contributed by atoms with Crippen LogP contribution in [0.4, 0.5) is 0 Å². The summed E-state index contributed by atoms with van der Waals surface area (Å²) in [4.78, 5) is 15.0. The lowest BCUT2D eigenvalue weighted by atomic mass is 10.1. The predicted molar refractivity (Wildman–Crippen MR) is 70.9 cm³/mol. The van der Waals surface area contributed by atoms with Gasteiger partial charge >= 0.3 is 0 Å². The molecule has 5 heteroatoms. The van der Waals surface area contributed by atoms with E-state index in [9.17, 15) is 4.79 Å². The number of carbonyl (C=O) groups excluding carboxylic acids is 1. The summed E-state index contributed by atoms with van der Waals surface area (Å²) in [6, 6.07) is 7.39. The molecular formula is C12H8Cl3NO. The van der Waals surface area contributed by atoms with Crippen LogP contribution in [0.2, 0.25) is 10.2 Å². The number of hydrogen-bond donors (Lipinski definition) is 0. The molecule has 0 aliphatic rings. The number of carbonyl (C=O) groups is 1. The van der Waals surface area contributed by atoms with Gasteiger partial charge in [0.25, 0.3) is 0 Å². The van der Waals surface area contributed by atoms with Crippen LogP contribution in [0.15, 0.2) is 24.3 Å².